The Kier molecular flexibility index (Phi) is 10.5. The van der Waals surface area contributed by atoms with Gasteiger partial charge in [-0.2, -0.15) is 0 Å². The molecule has 0 aromatic carbocycles. The molecule has 0 bridgehead atoms. The number of hydrogen-bond donors (Lipinski definition) is 11. The molecule has 0 aliphatic carbocycles. The normalized spacial score (nSPS) is 49.0. The Bertz CT molecular complexity index is 745. The van der Waals surface area contributed by atoms with Crippen molar-refractivity contribution in [2.75, 3.05) is 19.8 Å². The molecule has 3 saturated heterocycles. The molecule has 3 heterocycles. The molecule has 17 nitrogen and oxygen atoms in total. The topological polar surface area (TPSA) is 278 Å². The molecule has 0 spiro atoms. The van der Waals surface area contributed by atoms with Gasteiger partial charge in [-0.1, -0.05) is 0 Å². The van der Waals surface area contributed by atoms with Crippen LogP contribution >= 0.6 is 0 Å². The van der Waals surface area contributed by atoms with Gasteiger partial charge in [-0.25, -0.2) is 0 Å². The summed E-state index contributed by atoms with van der Waals surface area (Å²) in [7, 11) is 0. The highest BCUT2D eigenvalue weighted by molar-refractivity contribution is 5.73. The highest BCUT2D eigenvalue weighted by atomic mass is 16.7. The highest BCUT2D eigenvalue weighted by Crippen LogP contribution is 2.32. The Balaban J connectivity index is 1.81. The third kappa shape index (κ3) is 6.38. The van der Waals surface area contributed by atoms with E-state index in [4.69, 9.17) is 23.7 Å². The van der Waals surface area contributed by atoms with Gasteiger partial charge in [0.25, 0.3) is 0 Å². The molecule has 17 heteroatoms. The minimum Gasteiger partial charge on any atom is -0.394 e. The van der Waals surface area contributed by atoms with E-state index in [0.29, 0.717) is 0 Å². The second kappa shape index (κ2) is 12.8. The van der Waals surface area contributed by atoms with Crippen LogP contribution in [-0.2, 0) is 28.5 Å². The summed E-state index contributed by atoms with van der Waals surface area (Å²) in [5, 5.41) is 103. The summed E-state index contributed by atoms with van der Waals surface area (Å²) in [6.45, 7) is -1.20. The van der Waals surface area contributed by atoms with Crippen molar-refractivity contribution in [2.45, 2.75) is 99.0 Å². The van der Waals surface area contributed by atoms with Gasteiger partial charge in [-0.15, -0.1) is 0 Å². The van der Waals surface area contributed by atoms with Gasteiger partial charge in [-0.05, 0) is 0 Å². The third-order valence-corrected chi connectivity index (χ3v) is 6.50. The number of carbonyl (C=O) groups excluding carboxylic acids is 1. The number of hydrogen-bond acceptors (Lipinski definition) is 16. The zero-order chi connectivity index (χ0) is 27.6. The molecule has 3 rings (SSSR count). The molecule has 11 N–H and O–H groups in total. The van der Waals surface area contributed by atoms with Crippen molar-refractivity contribution in [3.05, 3.63) is 0 Å². The van der Waals surface area contributed by atoms with Crippen molar-refractivity contribution < 1.29 is 79.5 Å². The fourth-order valence-corrected chi connectivity index (χ4v) is 4.45. The maximum atomic E-state index is 11.9. The van der Waals surface area contributed by atoms with Crippen LogP contribution in [0.4, 0.5) is 0 Å². The van der Waals surface area contributed by atoms with Crippen LogP contribution < -0.4 is 5.32 Å². The van der Waals surface area contributed by atoms with Crippen LogP contribution in [-0.4, -0.2) is 169 Å². The standard InChI is InChI=1S/C20H35NO16/c1-5(25)21-9-12(28)16(36-20-15(31)13(29)10(26)7(3-23)34-20)8(4-24)35-19(9)37-17-14(30)11(27)6(2-22)33-18(17)32/h6-20,22-24,26-32H,2-4H2,1H3,(H,21,25)/t6-,7-,8-,9-,10+,11-,12-,13+,14+,15-,16-,17+,18+,19?,20?/m1/s1. The Labute approximate surface area is 210 Å². The lowest BCUT2D eigenvalue weighted by atomic mass is 9.94. The fourth-order valence-electron chi connectivity index (χ4n) is 4.45. The minimum atomic E-state index is -1.87. The predicted molar refractivity (Wildman–Crippen MR) is 113 cm³/mol. The zero-order valence-electron chi connectivity index (χ0n) is 19.7. The molecule has 15 atom stereocenters. The average molecular weight is 545 g/mol. The van der Waals surface area contributed by atoms with Crippen LogP contribution in [0.25, 0.3) is 0 Å². The SMILES string of the molecule is CC(=O)N[C@H]1C(O[C@H]2[C@@H](O)[C@H](O)[C@@H](CO)O[C@@H]2O)O[C@H](CO)[C@@H](OC2O[C@H](CO)[C@H](O)[C@H](O)[C@H]2O)[C@@H]1O. The van der Waals surface area contributed by atoms with E-state index in [1.807, 2.05) is 0 Å². The summed E-state index contributed by atoms with van der Waals surface area (Å²) in [5.41, 5.74) is 0. The van der Waals surface area contributed by atoms with Crippen molar-refractivity contribution in [3.63, 3.8) is 0 Å². The van der Waals surface area contributed by atoms with Crippen LogP contribution in [0.15, 0.2) is 0 Å². The van der Waals surface area contributed by atoms with Gasteiger partial charge >= 0.3 is 0 Å². The lowest BCUT2D eigenvalue weighted by molar-refractivity contribution is -0.369. The maximum absolute atomic E-state index is 11.9. The first-order valence-electron chi connectivity index (χ1n) is 11.6. The second-order valence-electron chi connectivity index (χ2n) is 9.07. The molecule has 0 aromatic rings. The Morgan fingerprint density at radius 1 is 0.649 bits per heavy atom. The van der Waals surface area contributed by atoms with Crippen LogP contribution in [0, 0.1) is 0 Å². The Morgan fingerprint density at radius 3 is 1.73 bits per heavy atom. The predicted octanol–water partition coefficient (Wildman–Crippen LogP) is -7.43. The second-order valence-corrected chi connectivity index (χ2v) is 9.07. The van der Waals surface area contributed by atoms with E-state index < -0.39 is 118 Å². The molecule has 2 unspecified atom stereocenters. The average Bonchev–Trinajstić information content (AvgIpc) is 2.86. The van der Waals surface area contributed by atoms with E-state index in [2.05, 4.69) is 5.32 Å². The Morgan fingerprint density at radius 2 is 1.16 bits per heavy atom. The lowest BCUT2D eigenvalue weighted by Crippen LogP contribution is -2.69. The first kappa shape index (κ1) is 30.4. The monoisotopic (exact) mass is 545 g/mol. The van der Waals surface area contributed by atoms with E-state index in [0.717, 1.165) is 6.92 Å². The third-order valence-electron chi connectivity index (χ3n) is 6.50. The molecule has 0 aromatic heterocycles. The van der Waals surface area contributed by atoms with Crippen molar-refractivity contribution in [3.8, 4) is 0 Å². The van der Waals surface area contributed by atoms with Crippen molar-refractivity contribution >= 4 is 5.91 Å². The van der Waals surface area contributed by atoms with Crippen molar-refractivity contribution in [1.29, 1.82) is 0 Å². The maximum Gasteiger partial charge on any atom is 0.217 e. The summed E-state index contributed by atoms with van der Waals surface area (Å²) in [5.74, 6) is -0.684. The number of amides is 1. The van der Waals surface area contributed by atoms with Gasteiger partial charge in [-0.3, -0.25) is 4.79 Å². The van der Waals surface area contributed by atoms with E-state index in [9.17, 15) is 55.9 Å². The van der Waals surface area contributed by atoms with Gasteiger partial charge in [0.1, 0.15) is 73.2 Å². The molecule has 3 aliphatic heterocycles. The first-order valence-corrected chi connectivity index (χ1v) is 11.6. The van der Waals surface area contributed by atoms with Crippen molar-refractivity contribution in [2.24, 2.45) is 0 Å². The van der Waals surface area contributed by atoms with Crippen LogP contribution in [0.2, 0.25) is 0 Å². The van der Waals surface area contributed by atoms with Gasteiger partial charge in [0.05, 0.1) is 19.8 Å². The van der Waals surface area contributed by atoms with Crippen molar-refractivity contribution in [1.82, 2.24) is 5.32 Å². The molecule has 3 fully saturated rings. The summed E-state index contributed by atoms with van der Waals surface area (Å²) in [4.78, 5) is 11.9. The minimum absolute atomic E-state index is 0.684. The molecule has 1 amide bonds. The molecule has 0 saturated carbocycles. The van der Waals surface area contributed by atoms with Gasteiger partial charge in [0, 0.05) is 6.92 Å². The first-order chi connectivity index (χ1) is 17.4. The molecule has 37 heavy (non-hydrogen) atoms. The van der Waals surface area contributed by atoms with E-state index in [1.54, 1.807) is 0 Å². The van der Waals surface area contributed by atoms with Crippen LogP contribution in [0.3, 0.4) is 0 Å². The molecule has 0 radical (unpaired) electrons. The summed E-state index contributed by atoms with van der Waals surface area (Å²) >= 11 is 0. The number of aliphatic hydroxyl groups is 10. The number of rotatable bonds is 8. The fraction of sp³-hybridized carbons (Fsp3) is 0.950. The number of carbonyl (C=O) groups is 1. The zero-order valence-corrected chi connectivity index (χ0v) is 19.7. The van der Waals surface area contributed by atoms with Crippen LogP contribution in [0.1, 0.15) is 6.92 Å². The number of ether oxygens (including phenoxy) is 5. The van der Waals surface area contributed by atoms with E-state index in [1.165, 1.54) is 0 Å². The molecule has 216 valence electrons. The number of nitrogens with one attached hydrogen (secondary N) is 1. The van der Waals surface area contributed by atoms with Gasteiger partial charge in [0.15, 0.2) is 18.9 Å². The quantitative estimate of drug-likeness (QED) is 0.135. The summed E-state index contributed by atoms with van der Waals surface area (Å²) in [6.07, 6.45) is -23.1. The molecular formula is C20H35NO16. The summed E-state index contributed by atoms with van der Waals surface area (Å²) in [6, 6.07) is -1.48. The van der Waals surface area contributed by atoms with Gasteiger partial charge < -0.3 is 80.1 Å². The highest BCUT2D eigenvalue weighted by Gasteiger charge is 2.53. The van der Waals surface area contributed by atoms with E-state index >= 15 is 0 Å². The summed E-state index contributed by atoms with van der Waals surface area (Å²) < 4.78 is 27.0. The van der Waals surface area contributed by atoms with E-state index in [-0.39, 0.29) is 0 Å². The Hall–Kier alpha value is -1.13. The smallest absolute Gasteiger partial charge is 0.217 e. The molecule has 3 aliphatic rings. The molecular weight excluding hydrogens is 510 g/mol. The largest absolute Gasteiger partial charge is 0.394 e. The number of aliphatic hydroxyl groups excluding tert-OH is 10. The van der Waals surface area contributed by atoms with Crippen LogP contribution in [0.5, 0.6) is 0 Å². The lowest BCUT2D eigenvalue weighted by Gasteiger charge is -2.48. The van der Waals surface area contributed by atoms with Gasteiger partial charge in [0.2, 0.25) is 5.91 Å².